The molecule has 16 heavy (non-hydrogen) atoms. The van der Waals surface area contributed by atoms with Gasteiger partial charge in [0.1, 0.15) is 5.54 Å². The maximum atomic E-state index is 14.5. The summed E-state index contributed by atoms with van der Waals surface area (Å²) in [5, 5.41) is 9.05. The van der Waals surface area contributed by atoms with Crippen LogP contribution in [0.25, 0.3) is 0 Å². The molecular formula is C11H15FN2O2. The van der Waals surface area contributed by atoms with Crippen LogP contribution in [-0.4, -0.2) is 24.3 Å². The van der Waals surface area contributed by atoms with Crippen molar-refractivity contribution in [1.29, 1.82) is 5.26 Å². The summed E-state index contributed by atoms with van der Waals surface area (Å²) in [6.07, 6.45) is 0.411. The van der Waals surface area contributed by atoms with E-state index in [-0.39, 0.29) is 0 Å². The summed E-state index contributed by atoms with van der Waals surface area (Å²) in [6.45, 7) is 3.67. The molecule has 2 fully saturated rings. The van der Waals surface area contributed by atoms with Gasteiger partial charge in [-0.2, -0.15) is 5.26 Å². The maximum Gasteiger partial charge on any atom is 0.344 e. The van der Waals surface area contributed by atoms with Gasteiger partial charge >= 0.3 is 5.97 Å². The number of carbonyl (C=O) groups excluding carboxylic acids is 1. The standard InChI is InChI=1S/C11H15FN2O2/c1-9(2)4-10(14,5-13)7-6(9)11(7,12)8(15)16-3/h6-7H,4,14H2,1-3H3. The Hall–Kier alpha value is -1.15. The average Bonchev–Trinajstić information content (AvgIpc) is 2.78. The first kappa shape index (κ1) is 11.3. The lowest BCUT2D eigenvalue weighted by Crippen LogP contribution is -2.46. The van der Waals surface area contributed by atoms with Crippen LogP contribution < -0.4 is 5.73 Å². The monoisotopic (exact) mass is 226 g/mol. The fourth-order valence-electron chi connectivity index (χ4n) is 3.54. The number of ether oxygens (including phenoxy) is 1. The van der Waals surface area contributed by atoms with E-state index in [1.165, 1.54) is 0 Å². The van der Waals surface area contributed by atoms with Gasteiger partial charge in [0, 0.05) is 11.8 Å². The van der Waals surface area contributed by atoms with E-state index in [9.17, 15) is 9.18 Å². The molecule has 0 aliphatic heterocycles. The largest absolute Gasteiger partial charge is 0.467 e. The second-order valence-electron chi connectivity index (χ2n) is 5.53. The van der Waals surface area contributed by atoms with Gasteiger partial charge in [0.25, 0.3) is 0 Å². The van der Waals surface area contributed by atoms with Crippen LogP contribution in [0.3, 0.4) is 0 Å². The van der Waals surface area contributed by atoms with Crippen LogP contribution >= 0.6 is 0 Å². The highest BCUT2D eigenvalue weighted by molar-refractivity contribution is 5.86. The van der Waals surface area contributed by atoms with Crippen molar-refractivity contribution in [3.05, 3.63) is 0 Å². The van der Waals surface area contributed by atoms with E-state index in [2.05, 4.69) is 4.74 Å². The summed E-state index contributed by atoms with van der Waals surface area (Å²) < 4.78 is 18.9. The molecule has 4 atom stereocenters. The molecule has 0 radical (unpaired) electrons. The number of nitrogens with two attached hydrogens (primary N) is 1. The molecule has 2 saturated carbocycles. The van der Waals surface area contributed by atoms with Crippen molar-refractivity contribution in [3.63, 3.8) is 0 Å². The number of alkyl halides is 1. The molecule has 0 aromatic heterocycles. The van der Waals surface area contributed by atoms with E-state index in [1.54, 1.807) is 0 Å². The van der Waals surface area contributed by atoms with Crippen LogP contribution in [0.1, 0.15) is 20.3 Å². The van der Waals surface area contributed by atoms with Crippen LogP contribution in [0.5, 0.6) is 0 Å². The highest BCUT2D eigenvalue weighted by atomic mass is 19.1. The smallest absolute Gasteiger partial charge is 0.344 e. The highest BCUT2D eigenvalue weighted by Gasteiger charge is 2.85. The van der Waals surface area contributed by atoms with Crippen LogP contribution in [0.4, 0.5) is 4.39 Å². The third-order valence-electron chi connectivity index (χ3n) is 3.98. The lowest BCUT2D eigenvalue weighted by Gasteiger charge is -2.29. The van der Waals surface area contributed by atoms with Gasteiger partial charge < -0.3 is 10.5 Å². The number of carbonyl (C=O) groups is 1. The lowest BCUT2D eigenvalue weighted by atomic mass is 9.79. The minimum absolute atomic E-state index is 0.411. The molecule has 4 unspecified atom stereocenters. The topological polar surface area (TPSA) is 76.1 Å². The highest BCUT2D eigenvalue weighted by Crippen LogP contribution is 2.73. The predicted molar refractivity (Wildman–Crippen MR) is 53.8 cm³/mol. The van der Waals surface area contributed by atoms with E-state index < -0.39 is 34.4 Å². The Morgan fingerprint density at radius 2 is 2.12 bits per heavy atom. The van der Waals surface area contributed by atoms with E-state index in [0.29, 0.717) is 6.42 Å². The Morgan fingerprint density at radius 3 is 2.56 bits per heavy atom. The van der Waals surface area contributed by atoms with Crippen molar-refractivity contribution < 1.29 is 13.9 Å². The molecule has 4 nitrogen and oxygen atoms in total. The first-order valence-corrected chi connectivity index (χ1v) is 5.21. The Labute approximate surface area is 93.6 Å². The molecule has 0 heterocycles. The van der Waals surface area contributed by atoms with Crippen molar-refractivity contribution in [2.75, 3.05) is 7.11 Å². The summed E-state index contributed by atoms with van der Waals surface area (Å²) in [7, 11) is 1.15. The Bertz CT molecular complexity index is 403. The number of methoxy groups -OCH3 is 1. The van der Waals surface area contributed by atoms with Crippen LogP contribution in [0.15, 0.2) is 0 Å². The van der Waals surface area contributed by atoms with Crippen molar-refractivity contribution in [2.45, 2.75) is 31.5 Å². The van der Waals surface area contributed by atoms with E-state index in [1.807, 2.05) is 19.9 Å². The Balaban J connectivity index is 2.41. The molecule has 5 heteroatoms. The van der Waals surface area contributed by atoms with Gasteiger partial charge in [0.2, 0.25) is 5.67 Å². The van der Waals surface area contributed by atoms with Crippen molar-refractivity contribution in [2.24, 2.45) is 23.0 Å². The van der Waals surface area contributed by atoms with E-state index in [0.717, 1.165) is 7.11 Å². The molecular weight excluding hydrogens is 211 g/mol. The summed E-state index contributed by atoms with van der Waals surface area (Å²) in [4.78, 5) is 11.4. The molecule has 0 amide bonds. The van der Waals surface area contributed by atoms with Gasteiger partial charge in [-0.25, -0.2) is 9.18 Å². The normalized spacial score (nSPS) is 48.0. The number of hydrogen-bond donors (Lipinski definition) is 1. The molecule has 0 aromatic rings. The minimum Gasteiger partial charge on any atom is -0.467 e. The number of rotatable bonds is 1. The Morgan fingerprint density at radius 1 is 1.56 bits per heavy atom. The van der Waals surface area contributed by atoms with Gasteiger partial charge in [-0.15, -0.1) is 0 Å². The number of nitrogens with zero attached hydrogens (tertiary/aromatic N) is 1. The zero-order chi connectivity index (χ0) is 12.4. The zero-order valence-corrected chi connectivity index (χ0v) is 9.58. The predicted octanol–water partition coefficient (Wildman–Crippen LogP) is 0.765. The zero-order valence-electron chi connectivity index (χ0n) is 9.58. The van der Waals surface area contributed by atoms with Gasteiger partial charge in [-0.1, -0.05) is 13.8 Å². The summed E-state index contributed by atoms with van der Waals surface area (Å²) >= 11 is 0. The molecule has 0 spiro atoms. The fourth-order valence-corrected chi connectivity index (χ4v) is 3.54. The molecule has 2 aliphatic rings. The molecule has 0 aromatic carbocycles. The molecule has 0 saturated heterocycles. The fraction of sp³-hybridized carbons (Fsp3) is 0.818. The lowest BCUT2D eigenvalue weighted by molar-refractivity contribution is -0.151. The second-order valence-corrected chi connectivity index (χ2v) is 5.53. The van der Waals surface area contributed by atoms with Crippen LogP contribution in [0.2, 0.25) is 0 Å². The number of halogens is 1. The Kier molecular flexibility index (Phi) is 1.95. The summed E-state index contributed by atoms with van der Waals surface area (Å²) in [5.41, 5.74) is 2.11. The third-order valence-corrected chi connectivity index (χ3v) is 3.98. The molecule has 2 aliphatic carbocycles. The third kappa shape index (κ3) is 1.03. The first-order chi connectivity index (χ1) is 7.24. The van der Waals surface area contributed by atoms with Crippen LogP contribution in [-0.2, 0) is 9.53 Å². The quantitative estimate of drug-likeness (QED) is 0.670. The van der Waals surface area contributed by atoms with Crippen LogP contribution in [0, 0.1) is 28.6 Å². The summed E-state index contributed by atoms with van der Waals surface area (Å²) in [5.74, 6) is -2.13. The van der Waals surface area contributed by atoms with Crippen molar-refractivity contribution in [1.82, 2.24) is 0 Å². The molecule has 88 valence electrons. The minimum atomic E-state index is -2.07. The molecule has 0 bridgehead atoms. The van der Waals surface area contributed by atoms with E-state index in [4.69, 9.17) is 11.0 Å². The van der Waals surface area contributed by atoms with Gasteiger partial charge in [0.15, 0.2) is 0 Å². The second kappa shape index (κ2) is 2.75. The number of esters is 1. The van der Waals surface area contributed by atoms with Crippen molar-refractivity contribution >= 4 is 5.97 Å². The molecule has 2 rings (SSSR count). The van der Waals surface area contributed by atoms with Crippen molar-refractivity contribution in [3.8, 4) is 6.07 Å². The van der Waals surface area contributed by atoms with Gasteiger partial charge in [0.05, 0.1) is 13.2 Å². The number of fused-ring (bicyclic) bond motifs is 1. The first-order valence-electron chi connectivity index (χ1n) is 5.21. The average molecular weight is 226 g/mol. The summed E-state index contributed by atoms with van der Waals surface area (Å²) in [6, 6.07) is 1.95. The maximum absolute atomic E-state index is 14.5. The van der Waals surface area contributed by atoms with E-state index >= 15 is 0 Å². The number of nitriles is 1. The van der Waals surface area contributed by atoms with Gasteiger partial charge in [-0.05, 0) is 11.8 Å². The van der Waals surface area contributed by atoms with Gasteiger partial charge in [-0.3, -0.25) is 0 Å². The number of hydrogen-bond acceptors (Lipinski definition) is 4. The SMILES string of the molecule is COC(=O)C1(F)C2C1C(N)(C#N)CC2(C)C. The molecule has 2 N–H and O–H groups in total.